The summed E-state index contributed by atoms with van der Waals surface area (Å²) in [5.41, 5.74) is 6.36. The molecule has 2 atom stereocenters. The fraction of sp³-hybridized carbons (Fsp3) is 0.625. The predicted octanol–water partition coefficient (Wildman–Crippen LogP) is 1.57. The summed E-state index contributed by atoms with van der Waals surface area (Å²) in [7, 11) is -3.87. The van der Waals surface area contributed by atoms with Crippen molar-refractivity contribution in [2.45, 2.75) is 70.4 Å². The molecule has 0 radical (unpaired) electrons. The number of likely N-dealkylation sites (tertiary alicyclic amines) is 1. The predicted molar refractivity (Wildman–Crippen MR) is 135 cm³/mol. The van der Waals surface area contributed by atoms with Crippen LogP contribution in [0.2, 0.25) is 0 Å². The number of amides is 3. The third kappa shape index (κ3) is 6.72. The minimum atomic E-state index is -3.87. The third-order valence-electron chi connectivity index (χ3n) is 6.42. The van der Waals surface area contributed by atoms with Gasteiger partial charge in [-0.3, -0.25) is 18.7 Å². The van der Waals surface area contributed by atoms with E-state index in [1.54, 1.807) is 29.2 Å². The van der Waals surface area contributed by atoms with Gasteiger partial charge >= 0.3 is 0 Å². The monoisotopic (exact) mass is 507 g/mol. The van der Waals surface area contributed by atoms with Gasteiger partial charge in [0.15, 0.2) is 0 Å². The van der Waals surface area contributed by atoms with E-state index >= 15 is 0 Å². The zero-order valence-corrected chi connectivity index (χ0v) is 21.2. The molecular weight excluding hydrogens is 470 g/mol. The molecule has 3 rings (SSSR count). The maximum Gasteiger partial charge on any atom is 0.248 e. The minimum absolute atomic E-state index is 0.118. The van der Waals surface area contributed by atoms with Crippen LogP contribution in [-0.2, 0) is 24.4 Å². The van der Waals surface area contributed by atoms with Gasteiger partial charge in [0, 0.05) is 13.1 Å². The molecule has 1 aromatic carbocycles. The van der Waals surface area contributed by atoms with Crippen LogP contribution in [0.25, 0.3) is 0 Å². The van der Waals surface area contributed by atoms with Gasteiger partial charge in [0.1, 0.15) is 12.1 Å². The average Bonchev–Trinajstić information content (AvgIpc) is 3.36. The van der Waals surface area contributed by atoms with E-state index in [2.05, 4.69) is 10.6 Å². The second kappa shape index (κ2) is 12.3. The van der Waals surface area contributed by atoms with E-state index in [1.165, 1.54) is 0 Å². The molecule has 2 heterocycles. The number of sulfonamides is 1. The number of hydrogen-bond donors (Lipinski definition) is 3. The van der Waals surface area contributed by atoms with E-state index in [4.69, 9.17) is 5.73 Å². The van der Waals surface area contributed by atoms with Crippen molar-refractivity contribution in [2.24, 2.45) is 5.73 Å². The smallest absolute Gasteiger partial charge is 0.248 e. The standard InChI is InChI=1S/C24H37N5O5S/c1-2-3-8-16-35(33,34)29-20-12-5-4-10-18(20)27-23(31)21(29)17-22(30)26-19(11-9-13-25)24(32)28-14-6-7-15-28/h4-5,10,12,19,21H,2-3,6-9,11,13-17,25H2,1H3,(H,26,30)(H,27,31)/t19?,21-/m1/s1. The molecule has 1 saturated heterocycles. The Hall–Kier alpha value is -2.66. The number of hydrogen-bond acceptors (Lipinski definition) is 6. The van der Waals surface area contributed by atoms with Crippen molar-refractivity contribution < 1.29 is 22.8 Å². The highest BCUT2D eigenvalue weighted by Crippen LogP contribution is 2.35. The summed E-state index contributed by atoms with van der Waals surface area (Å²) < 4.78 is 27.8. The zero-order valence-electron chi connectivity index (χ0n) is 20.4. The third-order valence-corrected chi connectivity index (χ3v) is 8.27. The second-order valence-electron chi connectivity index (χ2n) is 9.13. The van der Waals surface area contributed by atoms with Crippen LogP contribution in [0.3, 0.4) is 0 Å². The van der Waals surface area contributed by atoms with Crippen LogP contribution in [0, 0.1) is 0 Å². The highest BCUT2D eigenvalue weighted by atomic mass is 32.2. The van der Waals surface area contributed by atoms with Crippen LogP contribution in [0.15, 0.2) is 24.3 Å². The lowest BCUT2D eigenvalue weighted by atomic mass is 10.1. The van der Waals surface area contributed by atoms with E-state index < -0.39 is 33.9 Å². The summed E-state index contributed by atoms with van der Waals surface area (Å²) in [5, 5.41) is 5.48. The quantitative estimate of drug-likeness (QED) is 0.367. The molecule has 10 nitrogen and oxygen atoms in total. The van der Waals surface area contributed by atoms with E-state index in [0.29, 0.717) is 50.3 Å². The molecule has 0 aromatic heterocycles. The lowest BCUT2D eigenvalue weighted by Gasteiger charge is -2.37. The van der Waals surface area contributed by atoms with Crippen molar-refractivity contribution in [2.75, 3.05) is 35.0 Å². The van der Waals surface area contributed by atoms with E-state index in [1.807, 2.05) is 6.92 Å². The molecule has 0 spiro atoms. The first-order valence-corrected chi connectivity index (χ1v) is 14.1. The van der Waals surface area contributed by atoms with Gasteiger partial charge < -0.3 is 21.3 Å². The number of rotatable bonds is 12. The van der Waals surface area contributed by atoms with E-state index in [9.17, 15) is 22.8 Å². The molecule has 2 aliphatic rings. The maximum atomic E-state index is 13.3. The summed E-state index contributed by atoms with van der Waals surface area (Å²) in [6.45, 7) is 3.66. The molecule has 1 fully saturated rings. The molecular formula is C24H37N5O5S. The van der Waals surface area contributed by atoms with Gasteiger partial charge in [0.2, 0.25) is 27.7 Å². The number of carbonyl (C=O) groups excluding carboxylic acids is 3. The van der Waals surface area contributed by atoms with Gasteiger partial charge in [-0.15, -0.1) is 0 Å². The van der Waals surface area contributed by atoms with Gasteiger partial charge in [0.05, 0.1) is 23.5 Å². The van der Waals surface area contributed by atoms with Crippen molar-refractivity contribution in [3.8, 4) is 0 Å². The first-order chi connectivity index (χ1) is 16.8. The Morgan fingerprint density at radius 2 is 1.89 bits per heavy atom. The average molecular weight is 508 g/mol. The SMILES string of the molecule is CCCCCS(=O)(=O)N1c2ccccc2NC(=O)[C@H]1CC(=O)NC(CCCN)C(=O)N1CCCC1. The molecule has 11 heteroatoms. The Bertz CT molecular complexity index is 1010. The van der Waals surface area contributed by atoms with Crippen molar-refractivity contribution >= 4 is 39.1 Å². The lowest BCUT2D eigenvalue weighted by Crippen LogP contribution is -2.55. The summed E-state index contributed by atoms with van der Waals surface area (Å²) in [6.07, 6.45) is 4.46. The van der Waals surface area contributed by atoms with Gasteiger partial charge in [-0.25, -0.2) is 8.42 Å². The van der Waals surface area contributed by atoms with Gasteiger partial charge in [-0.05, 0) is 50.8 Å². The molecule has 0 saturated carbocycles. The van der Waals surface area contributed by atoms with Crippen LogP contribution in [-0.4, -0.2) is 68.5 Å². The number of anilines is 2. The fourth-order valence-electron chi connectivity index (χ4n) is 4.58. The van der Waals surface area contributed by atoms with Crippen molar-refractivity contribution in [1.29, 1.82) is 0 Å². The van der Waals surface area contributed by atoms with Crippen molar-refractivity contribution in [3.05, 3.63) is 24.3 Å². The number of carbonyl (C=O) groups is 3. The molecule has 1 unspecified atom stereocenters. The number of benzene rings is 1. The van der Waals surface area contributed by atoms with Crippen molar-refractivity contribution in [1.82, 2.24) is 10.2 Å². The first kappa shape index (κ1) is 26.9. The van der Waals surface area contributed by atoms with Gasteiger partial charge in [-0.1, -0.05) is 31.9 Å². The molecule has 2 aliphatic heterocycles. The fourth-order valence-corrected chi connectivity index (χ4v) is 6.36. The number of fused-ring (bicyclic) bond motifs is 1. The topological polar surface area (TPSA) is 142 Å². The number of nitrogens with one attached hydrogen (secondary N) is 2. The highest BCUT2D eigenvalue weighted by molar-refractivity contribution is 7.92. The Morgan fingerprint density at radius 1 is 1.17 bits per heavy atom. The summed E-state index contributed by atoms with van der Waals surface area (Å²) in [5.74, 6) is -1.39. The summed E-state index contributed by atoms with van der Waals surface area (Å²) >= 11 is 0. The van der Waals surface area contributed by atoms with Crippen LogP contribution in [0.4, 0.5) is 11.4 Å². The Morgan fingerprint density at radius 3 is 2.57 bits per heavy atom. The number of nitrogens with two attached hydrogens (primary N) is 1. The Balaban J connectivity index is 1.81. The van der Waals surface area contributed by atoms with E-state index in [-0.39, 0.29) is 18.1 Å². The molecule has 0 bridgehead atoms. The van der Waals surface area contributed by atoms with Crippen LogP contribution in [0.5, 0.6) is 0 Å². The molecule has 3 amide bonds. The molecule has 0 aliphatic carbocycles. The summed E-state index contributed by atoms with van der Waals surface area (Å²) in [6, 6.07) is 4.67. The minimum Gasteiger partial charge on any atom is -0.344 e. The Labute approximate surface area is 207 Å². The first-order valence-electron chi connectivity index (χ1n) is 12.5. The highest BCUT2D eigenvalue weighted by Gasteiger charge is 2.41. The zero-order chi connectivity index (χ0) is 25.4. The Kier molecular flexibility index (Phi) is 9.50. The van der Waals surface area contributed by atoms with Crippen LogP contribution < -0.4 is 20.7 Å². The van der Waals surface area contributed by atoms with Gasteiger partial charge in [-0.2, -0.15) is 0 Å². The molecule has 35 heavy (non-hydrogen) atoms. The number of para-hydroxylation sites is 2. The van der Waals surface area contributed by atoms with Gasteiger partial charge in [0.25, 0.3) is 0 Å². The van der Waals surface area contributed by atoms with Crippen LogP contribution >= 0.6 is 0 Å². The summed E-state index contributed by atoms with van der Waals surface area (Å²) in [4.78, 5) is 40.8. The molecule has 4 N–H and O–H groups in total. The van der Waals surface area contributed by atoms with Crippen LogP contribution in [0.1, 0.15) is 58.3 Å². The van der Waals surface area contributed by atoms with E-state index in [0.717, 1.165) is 30.0 Å². The number of nitrogens with zero attached hydrogens (tertiary/aromatic N) is 2. The molecule has 1 aromatic rings. The molecule has 194 valence electrons. The normalized spacial score (nSPS) is 18.7. The number of unbranched alkanes of at least 4 members (excludes halogenated alkanes) is 2. The second-order valence-corrected chi connectivity index (χ2v) is 11.1. The van der Waals surface area contributed by atoms with Crippen molar-refractivity contribution in [3.63, 3.8) is 0 Å². The largest absolute Gasteiger partial charge is 0.344 e. The lowest BCUT2D eigenvalue weighted by molar-refractivity contribution is -0.136. The maximum absolute atomic E-state index is 13.3.